The summed E-state index contributed by atoms with van der Waals surface area (Å²) in [5, 5.41) is 14.2. The first-order valence-electron chi connectivity index (χ1n) is 6.13. The largest absolute Gasteiger partial charge is 0.381 e. The van der Waals surface area contributed by atoms with Crippen LogP contribution in [0.1, 0.15) is 19.8 Å². The van der Waals surface area contributed by atoms with E-state index in [9.17, 15) is 10.1 Å². The van der Waals surface area contributed by atoms with Gasteiger partial charge in [0.25, 0.3) is 0 Å². The Morgan fingerprint density at radius 3 is 2.84 bits per heavy atom. The van der Waals surface area contributed by atoms with Crippen LogP contribution in [0.2, 0.25) is 5.15 Å². The van der Waals surface area contributed by atoms with Gasteiger partial charge in [-0.1, -0.05) is 18.5 Å². The van der Waals surface area contributed by atoms with E-state index in [0.717, 1.165) is 26.1 Å². The maximum Gasteiger partial charge on any atom is 0.311 e. The number of nitrogens with zero attached hydrogens (tertiary/aromatic N) is 2. The van der Waals surface area contributed by atoms with Crippen LogP contribution in [0.4, 0.5) is 11.5 Å². The smallest absolute Gasteiger partial charge is 0.311 e. The van der Waals surface area contributed by atoms with Gasteiger partial charge in [0.1, 0.15) is 5.15 Å². The molecule has 0 atom stereocenters. The van der Waals surface area contributed by atoms with E-state index in [4.69, 9.17) is 16.3 Å². The van der Waals surface area contributed by atoms with Gasteiger partial charge in [0.2, 0.25) is 5.82 Å². The average Bonchev–Trinajstić information content (AvgIpc) is 2.37. The number of nitro groups is 1. The molecule has 1 N–H and O–H groups in total. The van der Waals surface area contributed by atoms with Crippen LogP contribution in [0.5, 0.6) is 0 Å². The van der Waals surface area contributed by atoms with Crippen molar-refractivity contribution in [2.24, 2.45) is 5.41 Å². The van der Waals surface area contributed by atoms with Crippen molar-refractivity contribution in [2.45, 2.75) is 19.8 Å². The number of hydrogen-bond acceptors (Lipinski definition) is 5. The molecule has 0 unspecified atom stereocenters. The molecule has 1 aliphatic rings. The summed E-state index contributed by atoms with van der Waals surface area (Å²) < 4.78 is 5.33. The summed E-state index contributed by atoms with van der Waals surface area (Å²) in [6, 6.07) is 2.78. The summed E-state index contributed by atoms with van der Waals surface area (Å²) in [5.41, 5.74) is 0.0101. The highest BCUT2D eigenvalue weighted by Gasteiger charge is 2.28. The van der Waals surface area contributed by atoms with Crippen molar-refractivity contribution in [1.82, 2.24) is 4.98 Å². The van der Waals surface area contributed by atoms with Gasteiger partial charge in [0.05, 0.1) is 4.92 Å². The van der Waals surface area contributed by atoms with Gasteiger partial charge in [0.15, 0.2) is 0 Å². The van der Waals surface area contributed by atoms with E-state index in [0.29, 0.717) is 6.54 Å². The van der Waals surface area contributed by atoms with Crippen molar-refractivity contribution < 1.29 is 9.66 Å². The minimum Gasteiger partial charge on any atom is -0.381 e. The van der Waals surface area contributed by atoms with Crippen molar-refractivity contribution in [3.05, 3.63) is 27.4 Å². The Morgan fingerprint density at radius 2 is 2.21 bits per heavy atom. The normalized spacial score (nSPS) is 18.0. The van der Waals surface area contributed by atoms with Gasteiger partial charge >= 0.3 is 5.69 Å². The molecule has 0 aliphatic carbocycles. The minimum absolute atomic E-state index is 0.0555. The highest BCUT2D eigenvalue weighted by molar-refractivity contribution is 6.29. The Hall–Kier alpha value is -1.40. The predicted molar refractivity (Wildman–Crippen MR) is 72.6 cm³/mol. The van der Waals surface area contributed by atoms with Crippen molar-refractivity contribution in [1.29, 1.82) is 0 Å². The molecular weight excluding hydrogens is 270 g/mol. The zero-order chi connectivity index (χ0) is 13.9. The predicted octanol–water partition coefficient (Wildman–Crippen LogP) is 2.87. The number of halogens is 1. The van der Waals surface area contributed by atoms with Crippen molar-refractivity contribution in [3.63, 3.8) is 0 Å². The molecule has 6 nitrogen and oxygen atoms in total. The highest BCUT2D eigenvalue weighted by Crippen LogP contribution is 2.31. The zero-order valence-corrected chi connectivity index (χ0v) is 11.4. The number of aromatic nitrogens is 1. The molecule has 0 spiro atoms. The van der Waals surface area contributed by atoms with Crippen molar-refractivity contribution in [2.75, 3.05) is 25.1 Å². The monoisotopic (exact) mass is 285 g/mol. The highest BCUT2D eigenvalue weighted by atomic mass is 35.5. The van der Waals surface area contributed by atoms with Crippen LogP contribution in [0, 0.1) is 15.5 Å². The number of hydrogen-bond donors (Lipinski definition) is 1. The Kier molecular flexibility index (Phi) is 4.21. The quantitative estimate of drug-likeness (QED) is 0.523. The molecule has 0 radical (unpaired) electrons. The van der Waals surface area contributed by atoms with Gasteiger partial charge in [-0.2, -0.15) is 0 Å². The van der Waals surface area contributed by atoms with Gasteiger partial charge in [-0.25, -0.2) is 4.98 Å². The SMILES string of the molecule is CC1(CNc2nc(Cl)ccc2[N+](=O)[O-])CCOCC1. The van der Waals surface area contributed by atoms with Crippen molar-refractivity contribution >= 4 is 23.1 Å². The molecule has 0 amide bonds. The molecule has 1 aromatic rings. The molecular formula is C12H16ClN3O3. The molecule has 0 bridgehead atoms. The number of nitrogens with one attached hydrogen (secondary N) is 1. The average molecular weight is 286 g/mol. The summed E-state index contributed by atoms with van der Waals surface area (Å²) >= 11 is 5.78. The van der Waals surface area contributed by atoms with Crippen LogP contribution in [-0.4, -0.2) is 29.7 Å². The second-order valence-electron chi connectivity index (χ2n) is 5.04. The van der Waals surface area contributed by atoms with Crippen molar-refractivity contribution in [3.8, 4) is 0 Å². The topological polar surface area (TPSA) is 77.3 Å². The number of rotatable bonds is 4. The van der Waals surface area contributed by atoms with Crippen LogP contribution >= 0.6 is 11.6 Å². The van der Waals surface area contributed by atoms with E-state index in [1.807, 2.05) is 0 Å². The summed E-state index contributed by atoms with van der Waals surface area (Å²) in [4.78, 5) is 14.5. The molecule has 104 valence electrons. The second-order valence-corrected chi connectivity index (χ2v) is 5.42. The second kappa shape index (κ2) is 5.71. The van der Waals surface area contributed by atoms with E-state index in [1.54, 1.807) is 0 Å². The van der Waals surface area contributed by atoms with Gasteiger partial charge in [-0.15, -0.1) is 0 Å². The maximum atomic E-state index is 10.9. The third-order valence-corrected chi connectivity index (χ3v) is 3.63. The molecule has 1 saturated heterocycles. The molecule has 1 fully saturated rings. The Bertz CT molecular complexity index is 475. The van der Waals surface area contributed by atoms with Gasteiger partial charge in [0, 0.05) is 25.8 Å². The lowest BCUT2D eigenvalue weighted by molar-refractivity contribution is -0.384. The molecule has 1 aromatic heterocycles. The maximum absolute atomic E-state index is 10.9. The molecule has 2 rings (SSSR count). The number of pyridine rings is 1. The first-order chi connectivity index (χ1) is 9.00. The van der Waals surface area contributed by atoms with Crippen LogP contribution in [-0.2, 0) is 4.74 Å². The first-order valence-corrected chi connectivity index (χ1v) is 6.51. The van der Waals surface area contributed by atoms with Crippen LogP contribution in [0.15, 0.2) is 12.1 Å². The van der Waals surface area contributed by atoms with E-state index in [1.165, 1.54) is 12.1 Å². The summed E-state index contributed by atoms with van der Waals surface area (Å²) in [6.07, 6.45) is 1.85. The van der Waals surface area contributed by atoms with Crippen LogP contribution < -0.4 is 5.32 Å². The van der Waals surface area contributed by atoms with E-state index < -0.39 is 4.92 Å². The lowest BCUT2D eigenvalue weighted by Crippen LogP contribution is -2.33. The molecule has 19 heavy (non-hydrogen) atoms. The zero-order valence-electron chi connectivity index (χ0n) is 10.7. The Balaban J connectivity index is 2.10. The molecule has 7 heteroatoms. The summed E-state index contributed by atoms with van der Waals surface area (Å²) in [5.74, 6) is 0.227. The van der Waals surface area contributed by atoms with E-state index in [-0.39, 0.29) is 22.1 Å². The fraction of sp³-hybridized carbons (Fsp3) is 0.583. The van der Waals surface area contributed by atoms with Gasteiger partial charge in [-0.3, -0.25) is 10.1 Å². The lowest BCUT2D eigenvalue weighted by Gasteiger charge is -2.33. The summed E-state index contributed by atoms with van der Waals surface area (Å²) in [7, 11) is 0. The number of ether oxygens (including phenoxy) is 1. The molecule has 2 heterocycles. The summed E-state index contributed by atoms with van der Waals surface area (Å²) in [6.45, 7) is 4.20. The van der Waals surface area contributed by atoms with Gasteiger partial charge in [-0.05, 0) is 24.3 Å². The minimum atomic E-state index is -0.460. The molecule has 1 aliphatic heterocycles. The Morgan fingerprint density at radius 1 is 1.53 bits per heavy atom. The third kappa shape index (κ3) is 3.54. The Labute approximate surface area is 116 Å². The molecule has 0 saturated carbocycles. The van der Waals surface area contributed by atoms with Crippen LogP contribution in [0.25, 0.3) is 0 Å². The fourth-order valence-electron chi connectivity index (χ4n) is 2.04. The standard InChI is InChI=1S/C12H16ClN3O3/c1-12(4-6-19-7-5-12)8-14-11-9(16(17)18)2-3-10(13)15-11/h2-3H,4-8H2,1H3,(H,14,15). The lowest BCUT2D eigenvalue weighted by atomic mass is 9.82. The van der Waals surface area contributed by atoms with E-state index >= 15 is 0 Å². The molecule has 0 aromatic carbocycles. The fourth-order valence-corrected chi connectivity index (χ4v) is 2.19. The van der Waals surface area contributed by atoms with Crippen LogP contribution in [0.3, 0.4) is 0 Å². The number of anilines is 1. The first kappa shape index (κ1) is 14.0. The van der Waals surface area contributed by atoms with Gasteiger partial charge < -0.3 is 10.1 Å². The third-order valence-electron chi connectivity index (χ3n) is 3.42. The van der Waals surface area contributed by atoms with E-state index in [2.05, 4.69) is 17.2 Å².